The predicted octanol–water partition coefficient (Wildman–Crippen LogP) is 2.78. The zero-order valence-corrected chi connectivity index (χ0v) is 13.9. The summed E-state index contributed by atoms with van der Waals surface area (Å²) in [7, 11) is 0. The minimum absolute atomic E-state index is 0.0551. The van der Waals surface area contributed by atoms with E-state index in [4.69, 9.17) is 0 Å². The highest BCUT2D eigenvalue weighted by molar-refractivity contribution is 7.98. The summed E-state index contributed by atoms with van der Waals surface area (Å²) in [6.45, 7) is 3.89. The molecule has 22 heavy (non-hydrogen) atoms. The standard InChI is InChI=1S/C16H20N4OS/c1-11(19-15(21)6-9-22-3)14-10-18-16(20-12(14)2)13-4-7-17-8-5-13/h4-5,7-8,10-11H,6,9H2,1-3H3,(H,19,21)/t11-/m1/s1. The van der Waals surface area contributed by atoms with Gasteiger partial charge in [-0.05, 0) is 32.2 Å². The molecule has 0 spiro atoms. The van der Waals surface area contributed by atoms with E-state index < -0.39 is 0 Å². The van der Waals surface area contributed by atoms with Crippen molar-refractivity contribution < 1.29 is 4.79 Å². The van der Waals surface area contributed by atoms with Gasteiger partial charge in [0.25, 0.3) is 0 Å². The molecule has 2 rings (SSSR count). The number of rotatable bonds is 6. The molecular formula is C16H20N4OS. The highest BCUT2D eigenvalue weighted by atomic mass is 32.2. The molecule has 0 aliphatic rings. The van der Waals surface area contributed by atoms with Crippen molar-refractivity contribution in [1.82, 2.24) is 20.3 Å². The molecule has 5 nitrogen and oxygen atoms in total. The van der Waals surface area contributed by atoms with Gasteiger partial charge in [0.2, 0.25) is 5.91 Å². The van der Waals surface area contributed by atoms with Gasteiger partial charge in [-0.3, -0.25) is 9.78 Å². The quantitative estimate of drug-likeness (QED) is 0.887. The van der Waals surface area contributed by atoms with E-state index in [0.717, 1.165) is 22.6 Å². The summed E-state index contributed by atoms with van der Waals surface area (Å²) < 4.78 is 0. The number of aryl methyl sites for hydroxylation is 1. The second-order valence-corrected chi connectivity index (χ2v) is 5.99. The van der Waals surface area contributed by atoms with Crippen molar-refractivity contribution in [1.29, 1.82) is 0 Å². The summed E-state index contributed by atoms with van der Waals surface area (Å²) in [5.74, 6) is 1.55. The molecule has 0 saturated heterocycles. The van der Waals surface area contributed by atoms with Crippen molar-refractivity contribution >= 4 is 17.7 Å². The number of hydrogen-bond acceptors (Lipinski definition) is 5. The second kappa shape index (κ2) is 7.89. The molecule has 0 saturated carbocycles. The number of hydrogen-bond donors (Lipinski definition) is 1. The van der Waals surface area contributed by atoms with Gasteiger partial charge >= 0.3 is 0 Å². The van der Waals surface area contributed by atoms with Crippen LogP contribution < -0.4 is 5.32 Å². The molecule has 0 fully saturated rings. The number of carbonyl (C=O) groups excluding carboxylic acids is 1. The van der Waals surface area contributed by atoms with Gasteiger partial charge in [-0.25, -0.2) is 9.97 Å². The third-order valence-corrected chi connectivity index (χ3v) is 3.95. The molecule has 1 amide bonds. The molecule has 0 bridgehead atoms. The van der Waals surface area contributed by atoms with Crippen LogP contribution in [0.15, 0.2) is 30.7 Å². The van der Waals surface area contributed by atoms with Crippen LogP contribution in [-0.4, -0.2) is 32.9 Å². The summed E-state index contributed by atoms with van der Waals surface area (Å²) >= 11 is 1.66. The summed E-state index contributed by atoms with van der Waals surface area (Å²) in [4.78, 5) is 24.8. The minimum atomic E-state index is -0.0964. The molecule has 2 aromatic heterocycles. The Bertz CT molecular complexity index is 633. The van der Waals surface area contributed by atoms with Crippen molar-refractivity contribution in [3.63, 3.8) is 0 Å². The zero-order chi connectivity index (χ0) is 15.9. The van der Waals surface area contributed by atoms with Crippen molar-refractivity contribution in [3.8, 4) is 11.4 Å². The van der Waals surface area contributed by atoms with Crippen molar-refractivity contribution in [2.24, 2.45) is 0 Å². The summed E-state index contributed by atoms with van der Waals surface area (Å²) in [5.41, 5.74) is 2.75. The first-order valence-corrected chi connectivity index (χ1v) is 8.53. The summed E-state index contributed by atoms with van der Waals surface area (Å²) in [6, 6.07) is 3.66. The van der Waals surface area contributed by atoms with Gasteiger partial charge in [0, 0.05) is 47.6 Å². The number of aromatic nitrogens is 3. The van der Waals surface area contributed by atoms with Gasteiger partial charge in [0.15, 0.2) is 5.82 Å². The number of carbonyl (C=O) groups is 1. The first-order chi connectivity index (χ1) is 10.6. The highest BCUT2D eigenvalue weighted by Crippen LogP contribution is 2.19. The van der Waals surface area contributed by atoms with Crippen LogP contribution in [0.2, 0.25) is 0 Å². The van der Waals surface area contributed by atoms with Crippen LogP contribution >= 0.6 is 11.8 Å². The third-order valence-electron chi connectivity index (χ3n) is 3.33. The van der Waals surface area contributed by atoms with Crippen molar-refractivity contribution in [2.75, 3.05) is 12.0 Å². The van der Waals surface area contributed by atoms with Crippen molar-refractivity contribution in [3.05, 3.63) is 42.0 Å². The van der Waals surface area contributed by atoms with Gasteiger partial charge in [-0.2, -0.15) is 11.8 Å². The van der Waals surface area contributed by atoms with Gasteiger partial charge in [-0.1, -0.05) is 0 Å². The predicted molar refractivity (Wildman–Crippen MR) is 89.6 cm³/mol. The lowest BCUT2D eigenvalue weighted by Crippen LogP contribution is -2.27. The van der Waals surface area contributed by atoms with E-state index in [0.29, 0.717) is 12.2 Å². The van der Waals surface area contributed by atoms with E-state index in [9.17, 15) is 4.79 Å². The summed E-state index contributed by atoms with van der Waals surface area (Å²) in [5, 5.41) is 2.99. The lowest BCUT2D eigenvalue weighted by Gasteiger charge is -2.16. The normalized spacial score (nSPS) is 12.0. The maximum absolute atomic E-state index is 11.8. The lowest BCUT2D eigenvalue weighted by atomic mass is 10.1. The number of amides is 1. The third kappa shape index (κ3) is 4.27. The van der Waals surface area contributed by atoms with E-state index in [1.54, 1.807) is 30.4 Å². The Balaban J connectivity index is 2.11. The molecule has 0 radical (unpaired) electrons. The average molecular weight is 316 g/mol. The highest BCUT2D eigenvalue weighted by Gasteiger charge is 2.14. The molecular weight excluding hydrogens is 296 g/mol. The Morgan fingerprint density at radius 3 is 2.73 bits per heavy atom. The number of thioether (sulfide) groups is 1. The molecule has 0 aliphatic carbocycles. The second-order valence-electron chi connectivity index (χ2n) is 5.00. The van der Waals surface area contributed by atoms with Crippen LogP contribution in [0.1, 0.15) is 30.6 Å². The molecule has 6 heteroatoms. The number of nitrogens with zero attached hydrogens (tertiary/aromatic N) is 3. The van der Waals surface area contributed by atoms with Crippen LogP contribution in [0.25, 0.3) is 11.4 Å². The van der Waals surface area contributed by atoms with E-state index in [2.05, 4.69) is 20.3 Å². The number of pyridine rings is 1. The molecule has 116 valence electrons. The van der Waals surface area contributed by atoms with Crippen LogP contribution in [0.5, 0.6) is 0 Å². The number of nitrogens with one attached hydrogen (secondary N) is 1. The Morgan fingerprint density at radius 1 is 1.36 bits per heavy atom. The van der Waals surface area contributed by atoms with E-state index in [-0.39, 0.29) is 11.9 Å². The molecule has 1 N–H and O–H groups in total. The largest absolute Gasteiger partial charge is 0.349 e. The van der Waals surface area contributed by atoms with Crippen LogP contribution in [-0.2, 0) is 4.79 Å². The summed E-state index contributed by atoms with van der Waals surface area (Å²) in [6.07, 6.45) is 7.75. The van der Waals surface area contributed by atoms with Gasteiger partial charge in [0.05, 0.1) is 6.04 Å². The SMILES string of the molecule is CSCCC(=O)N[C@H](C)c1cnc(-c2ccncc2)nc1C. The molecule has 0 unspecified atom stereocenters. The Labute approximate surface area is 135 Å². The van der Waals surface area contributed by atoms with Gasteiger partial charge < -0.3 is 5.32 Å². The fourth-order valence-electron chi connectivity index (χ4n) is 2.13. The Morgan fingerprint density at radius 2 is 2.09 bits per heavy atom. The van der Waals surface area contributed by atoms with E-state index >= 15 is 0 Å². The maximum atomic E-state index is 11.8. The van der Waals surface area contributed by atoms with Crippen LogP contribution in [0.4, 0.5) is 0 Å². The minimum Gasteiger partial charge on any atom is -0.349 e. The Kier molecular flexibility index (Phi) is 5.89. The van der Waals surface area contributed by atoms with Crippen LogP contribution in [0.3, 0.4) is 0 Å². The Hall–Kier alpha value is -1.95. The topological polar surface area (TPSA) is 67.8 Å². The van der Waals surface area contributed by atoms with Gasteiger partial charge in [0.1, 0.15) is 0 Å². The zero-order valence-electron chi connectivity index (χ0n) is 13.0. The molecule has 2 heterocycles. The molecule has 2 aromatic rings. The first-order valence-electron chi connectivity index (χ1n) is 7.14. The monoisotopic (exact) mass is 316 g/mol. The first kappa shape index (κ1) is 16.4. The molecule has 0 aromatic carbocycles. The van der Waals surface area contributed by atoms with Crippen LogP contribution in [0, 0.1) is 6.92 Å². The van der Waals surface area contributed by atoms with E-state index in [1.165, 1.54) is 0 Å². The fraction of sp³-hybridized carbons (Fsp3) is 0.375. The molecule has 1 atom stereocenters. The average Bonchev–Trinajstić information content (AvgIpc) is 2.53. The maximum Gasteiger partial charge on any atom is 0.221 e. The van der Waals surface area contributed by atoms with Crippen molar-refractivity contribution in [2.45, 2.75) is 26.3 Å². The van der Waals surface area contributed by atoms with E-state index in [1.807, 2.05) is 32.2 Å². The lowest BCUT2D eigenvalue weighted by molar-refractivity contribution is -0.121. The smallest absolute Gasteiger partial charge is 0.221 e. The molecule has 0 aliphatic heterocycles. The fourth-order valence-corrected chi connectivity index (χ4v) is 2.52. The van der Waals surface area contributed by atoms with Gasteiger partial charge in [-0.15, -0.1) is 0 Å².